The van der Waals surface area contributed by atoms with Crippen LogP contribution in [0.25, 0.3) is 0 Å². The fourth-order valence-electron chi connectivity index (χ4n) is 2.28. The van der Waals surface area contributed by atoms with Crippen molar-refractivity contribution in [3.63, 3.8) is 0 Å². The average molecular weight is 313 g/mol. The molecule has 1 atom stereocenters. The molecule has 0 bridgehead atoms. The molecular formula is C16H25ClN2O2. The molecule has 0 aromatic carbocycles. The zero-order valence-electron chi connectivity index (χ0n) is 12.9. The summed E-state index contributed by atoms with van der Waals surface area (Å²) in [5.74, 6) is 1.13. The predicted octanol–water partition coefficient (Wildman–Crippen LogP) is 3.43. The smallest absolute Gasteiger partial charge is 0.232 e. The molecule has 21 heavy (non-hydrogen) atoms. The monoisotopic (exact) mass is 312 g/mol. The Bertz CT molecular complexity index is 434. The van der Waals surface area contributed by atoms with Crippen LogP contribution in [0.3, 0.4) is 0 Å². The van der Waals surface area contributed by atoms with E-state index in [4.69, 9.17) is 21.1 Å². The van der Waals surface area contributed by atoms with Crippen molar-refractivity contribution in [1.29, 1.82) is 0 Å². The second-order valence-electron chi connectivity index (χ2n) is 5.95. The molecule has 1 unspecified atom stereocenters. The zero-order chi connectivity index (χ0) is 15.1. The van der Waals surface area contributed by atoms with Crippen LogP contribution in [0.5, 0.6) is 5.88 Å². The van der Waals surface area contributed by atoms with Crippen molar-refractivity contribution in [2.24, 2.45) is 5.92 Å². The third kappa shape index (κ3) is 5.81. The van der Waals surface area contributed by atoms with Gasteiger partial charge in [-0.05, 0) is 43.4 Å². The highest BCUT2D eigenvalue weighted by atomic mass is 35.5. The topological polar surface area (TPSA) is 43.4 Å². The third-order valence-corrected chi connectivity index (χ3v) is 3.70. The first-order valence-corrected chi connectivity index (χ1v) is 8.12. The van der Waals surface area contributed by atoms with E-state index in [9.17, 15) is 0 Å². The van der Waals surface area contributed by atoms with Gasteiger partial charge in [-0.25, -0.2) is 4.98 Å². The maximum absolute atomic E-state index is 6.23. The van der Waals surface area contributed by atoms with Crippen molar-refractivity contribution in [3.8, 4) is 5.88 Å². The van der Waals surface area contributed by atoms with E-state index < -0.39 is 0 Å². The molecule has 1 saturated heterocycles. The quantitative estimate of drug-likeness (QED) is 0.837. The Balaban J connectivity index is 1.80. The summed E-state index contributed by atoms with van der Waals surface area (Å²) in [6.07, 6.45) is 5.39. The Morgan fingerprint density at radius 3 is 3.00 bits per heavy atom. The fourth-order valence-corrected chi connectivity index (χ4v) is 2.53. The van der Waals surface area contributed by atoms with Gasteiger partial charge < -0.3 is 14.8 Å². The molecule has 5 heteroatoms. The van der Waals surface area contributed by atoms with Crippen molar-refractivity contribution < 1.29 is 9.47 Å². The van der Waals surface area contributed by atoms with Crippen molar-refractivity contribution >= 4 is 11.6 Å². The van der Waals surface area contributed by atoms with Gasteiger partial charge in [0.15, 0.2) is 0 Å². The van der Waals surface area contributed by atoms with Gasteiger partial charge in [-0.3, -0.25) is 0 Å². The Labute approximate surface area is 132 Å². The number of hydrogen-bond acceptors (Lipinski definition) is 4. The predicted molar refractivity (Wildman–Crippen MR) is 84.9 cm³/mol. The van der Waals surface area contributed by atoms with Crippen LogP contribution in [-0.4, -0.2) is 30.8 Å². The lowest BCUT2D eigenvalue weighted by molar-refractivity contribution is -0.0119. The summed E-state index contributed by atoms with van der Waals surface area (Å²) in [6, 6.07) is 1.92. The Kier molecular flexibility index (Phi) is 6.74. The van der Waals surface area contributed by atoms with Gasteiger partial charge >= 0.3 is 0 Å². The van der Waals surface area contributed by atoms with Crippen molar-refractivity contribution in [2.45, 2.75) is 45.8 Å². The van der Waals surface area contributed by atoms with Gasteiger partial charge in [-0.1, -0.05) is 25.4 Å². The number of halogens is 1. The van der Waals surface area contributed by atoms with Gasteiger partial charge in [0.25, 0.3) is 0 Å². The third-order valence-electron chi connectivity index (χ3n) is 3.43. The molecule has 1 N–H and O–H groups in total. The highest BCUT2D eigenvalue weighted by Crippen LogP contribution is 2.23. The van der Waals surface area contributed by atoms with Crippen LogP contribution in [0.1, 0.15) is 38.7 Å². The van der Waals surface area contributed by atoms with Gasteiger partial charge in [0.2, 0.25) is 5.88 Å². The van der Waals surface area contributed by atoms with Crippen molar-refractivity contribution in [2.75, 3.05) is 19.8 Å². The van der Waals surface area contributed by atoms with Crippen LogP contribution in [0.2, 0.25) is 5.02 Å². The summed E-state index contributed by atoms with van der Waals surface area (Å²) in [4.78, 5) is 4.31. The average Bonchev–Trinajstić information content (AvgIpc) is 2.47. The van der Waals surface area contributed by atoms with Gasteiger partial charge in [-0.2, -0.15) is 0 Å². The molecule has 0 radical (unpaired) electrons. The second-order valence-corrected chi connectivity index (χ2v) is 6.36. The molecule has 1 fully saturated rings. The molecule has 0 saturated carbocycles. The van der Waals surface area contributed by atoms with Crippen LogP contribution in [0.15, 0.2) is 12.3 Å². The van der Waals surface area contributed by atoms with E-state index in [-0.39, 0.29) is 6.10 Å². The maximum Gasteiger partial charge on any atom is 0.232 e. The van der Waals surface area contributed by atoms with E-state index in [1.807, 2.05) is 12.3 Å². The van der Waals surface area contributed by atoms with Crippen molar-refractivity contribution in [1.82, 2.24) is 10.3 Å². The molecule has 2 rings (SSSR count). The van der Waals surface area contributed by atoms with E-state index in [2.05, 4.69) is 24.1 Å². The summed E-state index contributed by atoms with van der Waals surface area (Å²) in [5, 5.41) is 3.94. The molecule has 1 aromatic heterocycles. The molecule has 0 aliphatic carbocycles. The van der Waals surface area contributed by atoms with Gasteiger partial charge in [0.05, 0.1) is 6.10 Å². The zero-order valence-corrected chi connectivity index (χ0v) is 13.7. The number of pyridine rings is 1. The lowest BCUT2D eigenvalue weighted by Gasteiger charge is -2.22. The number of ether oxygens (including phenoxy) is 2. The summed E-state index contributed by atoms with van der Waals surface area (Å²) >= 11 is 6.23. The summed E-state index contributed by atoms with van der Waals surface area (Å²) < 4.78 is 11.3. The van der Waals surface area contributed by atoms with Gasteiger partial charge in [-0.15, -0.1) is 0 Å². The largest absolute Gasteiger partial charge is 0.474 e. The Morgan fingerprint density at radius 1 is 1.48 bits per heavy atom. The van der Waals surface area contributed by atoms with E-state index in [1.54, 1.807) is 0 Å². The number of rotatable bonds is 7. The highest BCUT2D eigenvalue weighted by Gasteiger charge is 2.15. The summed E-state index contributed by atoms with van der Waals surface area (Å²) in [5.41, 5.74) is 1.07. The first-order valence-electron chi connectivity index (χ1n) is 7.74. The molecule has 1 aromatic rings. The van der Waals surface area contributed by atoms with E-state index >= 15 is 0 Å². The van der Waals surface area contributed by atoms with E-state index in [0.717, 1.165) is 38.1 Å². The van der Waals surface area contributed by atoms with Crippen LogP contribution in [0, 0.1) is 5.92 Å². The molecule has 0 amide bonds. The summed E-state index contributed by atoms with van der Waals surface area (Å²) in [6.45, 7) is 7.48. The van der Waals surface area contributed by atoms with Crippen LogP contribution in [-0.2, 0) is 11.3 Å². The van der Waals surface area contributed by atoms with E-state index in [0.29, 0.717) is 23.4 Å². The van der Waals surface area contributed by atoms with E-state index in [1.165, 1.54) is 6.42 Å². The van der Waals surface area contributed by atoms with Crippen LogP contribution in [0.4, 0.5) is 0 Å². The lowest BCUT2D eigenvalue weighted by Crippen LogP contribution is -2.26. The first-order chi connectivity index (χ1) is 10.1. The highest BCUT2D eigenvalue weighted by molar-refractivity contribution is 6.31. The van der Waals surface area contributed by atoms with Crippen LogP contribution >= 0.6 is 11.6 Å². The minimum absolute atomic E-state index is 0.170. The molecule has 4 nitrogen and oxygen atoms in total. The Morgan fingerprint density at radius 2 is 2.33 bits per heavy atom. The minimum atomic E-state index is 0.170. The normalized spacial score (nSPS) is 19.0. The number of aromatic nitrogens is 1. The molecule has 118 valence electrons. The molecule has 1 aliphatic rings. The number of hydrogen-bond donors (Lipinski definition) is 1. The SMILES string of the molecule is CC(C)CNCc1cnc(OCC2CCCCO2)c(Cl)c1. The lowest BCUT2D eigenvalue weighted by atomic mass is 10.1. The first kappa shape index (κ1) is 16.5. The summed E-state index contributed by atoms with van der Waals surface area (Å²) in [7, 11) is 0. The van der Waals surface area contributed by atoms with Crippen LogP contribution < -0.4 is 10.1 Å². The maximum atomic E-state index is 6.23. The van der Waals surface area contributed by atoms with Crippen molar-refractivity contribution in [3.05, 3.63) is 22.8 Å². The molecule has 2 heterocycles. The number of nitrogens with one attached hydrogen (secondary N) is 1. The number of nitrogens with zero attached hydrogens (tertiary/aromatic N) is 1. The minimum Gasteiger partial charge on any atom is -0.474 e. The van der Waals surface area contributed by atoms with Gasteiger partial charge in [0.1, 0.15) is 11.6 Å². The van der Waals surface area contributed by atoms with Gasteiger partial charge in [0, 0.05) is 19.3 Å². The molecule has 0 spiro atoms. The molecular weight excluding hydrogens is 288 g/mol. The Hall–Kier alpha value is -0.840. The fraction of sp³-hybridized carbons (Fsp3) is 0.688. The second kappa shape index (κ2) is 8.57. The molecule has 1 aliphatic heterocycles. The standard InChI is InChI=1S/C16H25ClN2O2/c1-12(2)8-18-9-13-7-15(17)16(19-10-13)21-11-14-5-3-4-6-20-14/h7,10,12,14,18H,3-6,8-9,11H2,1-2H3.